The monoisotopic (exact) mass is 578 g/mol. The second-order valence-electron chi connectivity index (χ2n) is 10.4. The molecule has 43 heavy (non-hydrogen) atoms. The SMILES string of the molecule is CNC(=O)c1nnc(NC(=O)C2CC2)cc1Nc1cccc(-c2cnn(C3CN(C(C#N)c4ccccn4)C3)c2)c1OC. The van der Waals surface area contributed by atoms with Crippen LogP contribution in [0.3, 0.4) is 0 Å². The summed E-state index contributed by atoms with van der Waals surface area (Å²) < 4.78 is 7.74. The van der Waals surface area contributed by atoms with E-state index in [1.165, 1.54) is 7.05 Å². The molecule has 0 radical (unpaired) electrons. The molecule has 0 bridgehead atoms. The number of ether oxygens (including phenoxy) is 1. The number of para-hydroxylation sites is 1. The van der Waals surface area contributed by atoms with Gasteiger partial charge in [-0.05, 0) is 31.0 Å². The van der Waals surface area contributed by atoms with E-state index in [2.05, 4.69) is 47.2 Å². The van der Waals surface area contributed by atoms with Crippen molar-refractivity contribution in [1.82, 2.24) is 35.2 Å². The third-order valence-electron chi connectivity index (χ3n) is 7.56. The quantitative estimate of drug-likeness (QED) is 0.254. The highest BCUT2D eigenvalue weighted by atomic mass is 16.5. The van der Waals surface area contributed by atoms with Crippen LogP contribution in [0.4, 0.5) is 17.2 Å². The highest BCUT2D eigenvalue weighted by molar-refractivity contribution is 6.00. The van der Waals surface area contributed by atoms with Crippen LogP contribution in [-0.4, -0.2) is 68.9 Å². The molecule has 3 aromatic heterocycles. The number of carbonyl (C=O) groups is 2. The summed E-state index contributed by atoms with van der Waals surface area (Å²) >= 11 is 0. The Kier molecular flexibility index (Phi) is 7.67. The van der Waals surface area contributed by atoms with Crippen LogP contribution < -0.4 is 20.7 Å². The Morgan fingerprint density at radius 1 is 1.12 bits per heavy atom. The Bertz CT molecular complexity index is 1690. The zero-order valence-electron chi connectivity index (χ0n) is 23.7. The summed E-state index contributed by atoms with van der Waals surface area (Å²) in [7, 11) is 3.08. The Labute approximate surface area is 247 Å². The highest BCUT2D eigenvalue weighted by Crippen LogP contribution is 2.39. The maximum Gasteiger partial charge on any atom is 0.273 e. The van der Waals surface area contributed by atoms with Crippen LogP contribution in [0.5, 0.6) is 5.75 Å². The van der Waals surface area contributed by atoms with Crippen molar-refractivity contribution in [3.05, 3.63) is 72.4 Å². The van der Waals surface area contributed by atoms with Crippen LogP contribution in [0.25, 0.3) is 11.1 Å². The highest BCUT2D eigenvalue weighted by Gasteiger charge is 2.35. The molecule has 1 atom stereocenters. The van der Waals surface area contributed by atoms with Crippen molar-refractivity contribution in [2.45, 2.75) is 24.9 Å². The number of aromatic nitrogens is 5. The smallest absolute Gasteiger partial charge is 0.273 e. The lowest BCUT2D eigenvalue weighted by Gasteiger charge is -2.41. The fourth-order valence-corrected chi connectivity index (χ4v) is 5.05. The van der Waals surface area contributed by atoms with Crippen LogP contribution in [0.2, 0.25) is 0 Å². The van der Waals surface area contributed by atoms with Crippen LogP contribution in [0.15, 0.2) is 61.1 Å². The van der Waals surface area contributed by atoms with Gasteiger partial charge >= 0.3 is 0 Å². The zero-order valence-corrected chi connectivity index (χ0v) is 23.7. The largest absolute Gasteiger partial charge is 0.494 e. The van der Waals surface area contributed by atoms with Gasteiger partial charge in [-0.2, -0.15) is 10.4 Å². The van der Waals surface area contributed by atoms with Gasteiger partial charge in [0.1, 0.15) is 11.8 Å². The number of amides is 2. The van der Waals surface area contributed by atoms with Crippen molar-refractivity contribution in [2.75, 3.05) is 37.9 Å². The lowest BCUT2D eigenvalue weighted by molar-refractivity contribution is -0.117. The maximum atomic E-state index is 12.6. The summed E-state index contributed by atoms with van der Waals surface area (Å²) in [6, 6.07) is 14.9. The molecule has 1 aliphatic carbocycles. The van der Waals surface area contributed by atoms with E-state index in [4.69, 9.17) is 4.74 Å². The molecule has 3 N–H and O–H groups in total. The van der Waals surface area contributed by atoms with Gasteiger partial charge in [0.05, 0.1) is 42.5 Å². The topological polar surface area (TPSA) is 163 Å². The molecule has 13 nitrogen and oxygen atoms in total. The number of nitrogens with one attached hydrogen (secondary N) is 3. The molecular formula is C30H30N10O3. The molecule has 2 aliphatic rings. The summed E-state index contributed by atoms with van der Waals surface area (Å²) in [5.74, 6) is 0.243. The van der Waals surface area contributed by atoms with Crippen molar-refractivity contribution in [3.8, 4) is 22.9 Å². The summed E-state index contributed by atoms with van der Waals surface area (Å²) in [4.78, 5) is 31.3. The van der Waals surface area contributed by atoms with Crippen molar-refractivity contribution in [3.63, 3.8) is 0 Å². The molecule has 0 spiro atoms. The van der Waals surface area contributed by atoms with Gasteiger partial charge in [-0.15, -0.1) is 10.2 Å². The number of carbonyl (C=O) groups excluding carboxylic acids is 2. The first-order valence-electron chi connectivity index (χ1n) is 13.9. The molecule has 1 unspecified atom stereocenters. The van der Waals surface area contributed by atoms with Gasteiger partial charge in [0.25, 0.3) is 5.91 Å². The number of hydrogen-bond donors (Lipinski definition) is 3. The standard InChI is InChI=1S/C30H30N10O3/c1-32-30(42)27-24(12-26(37-38-27)36-29(41)18-9-10-18)35-23-8-5-6-21(28(23)43-2)19-14-34-40(15-19)20-16-39(17-20)25(13-31)22-7-3-4-11-33-22/h3-8,11-12,14-15,18,20,25H,9-10,16-17H2,1-2H3,(H,32,42)(H2,35,36,37,41). The van der Waals surface area contributed by atoms with E-state index < -0.39 is 11.9 Å². The van der Waals surface area contributed by atoms with Crippen molar-refractivity contribution >= 4 is 29.0 Å². The lowest BCUT2D eigenvalue weighted by atomic mass is 10.0. The molecule has 1 saturated heterocycles. The Balaban J connectivity index is 1.22. The third kappa shape index (κ3) is 5.73. The second kappa shape index (κ2) is 11.9. The molecule has 4 aromatic rings. The third-order valence-corrected chi connectivity index (χ3v) is 7.56. The average Bonchev–Trinajstić information content (AvgIpc) is 3.76. The van der Waals surface area contributed by atoms with E-state index in [1.807, 2.05) is 47.3 Å². The number of rotatable bonds is 10. The van der Waals surface area contributed by atoms with Gasteiger partial charge in [0.15, 0.2) is 11.5 Å². The van der Waals surface area contributed by atoms with E-state index in [1.54, 1.807) is 25.6 Å². The molecule has 4 heterocycles. The minimum absolute atomic E-state index is 0.00818. The average molecular weight is 579 g/mol. The number of methoxy groups -OCH3 is 1. The van der Waals surface area contributed by atoms with Gasteiger partial charge in [-0.25, -0.2) is 0 Å². The number of nitriles is 1. The van der Waals surface area contributed by atoms with Gasteiger partial charge < -0.3 is 20.7 Å². The number of hydrogen-bond acceptors (Lipinski definition) is 10. The van der Waals surface area contributed by atoms with E-state index in [0.29, 0.717) is 30.2 Å². The van der Waals surface area contributed by atoms with E-state index in [9.17, 15) is 14.9 Å². The van der Waals surface area contributed by atoms with Gasteiger partial charge in [0.2, 0.25) is 5.91 Å². The molecule has 218 valence electrons. The molecule has 2 amide bonds. The van der Waals surface area contributed by atoms with E-state index in [0.717, 1.165) is 29.7 Å². The summed E-state index contributed by atoms with van der Waals surface area (Å²) in [6.07, 6.45) is 7.14. The van der Waals surface area contributed by atoms with Crippen molar-refractivity contribution < 1.29 is 14.3 Å². The Morgan fingerprint density at radius 3 is 2.65 bits per heavy atom. The first kappa shape index (κ1) is 27.8. The van der Waals surface area contributed by atoms with Gasteiger partial charge in [-0.3, -0.25) is 24.2 Å². The van der Waals surface area contributed by atoms with E-state index in [-0.39, 0.29) is 29.4 Å². The predicted octanol–water partition coefficient (Wildman–Crippen LogP) is 3.32. The number of benzene rings is 1. The molecule has 13 heteroatoms. The first-order chi connectivity index (χ1) is 21.0. The molecule has 1 saturated carbocycles. The molecular weight excluding hydrogens is 548 g/mol. The maximum absolute atomic E-state index is 12.6. The van der Waals surface area contributed by atoms with Gasteiger partial charge in [-0.1, -0.05) is 18.2 Å². The van der Waals surface area contributed by atoms with Crippen LogP contribution in [-0.2, 0) is 4.79 Å². The van der Waals surface area contributed by atoms with Crippen molar-refractivity contribution in [1.29, 1.82) is 5.26 Å². The van der Waals surface area contributed by atoms with Crippen LogP contribution in [0.1, 0.15) is 41.1 Å². The zero-order chi connectivity index (χ0) is 29.9. The first-order valence-corrected chi connectivity index (χ1v) is 13.9. The number of likely N-dealkylation sites (tertiary alicyclic amines) is 1. The second-order valence-corrected chi connectivity index (χ2v) is 10.4. The fraction of sp³-hybridized carbons (Fsp3) is 0.300. The molecule has 1 aliphatic heterocycles. The number of nitrogens with zero attached hydrogens (tertiary/aromatic N) is 7. The summed E-state index contributed by atoms with van der Waals surface area (Å²) in [5, 5.41) is 31.1. The molecule has 1 aromatic carbocycles. The van der Waals surface area contributed by atoms with Crippen LogP contribution in [0, 0.1) is 17.2 Å². The normalized spacial score (nSPS) is 15.6. The molecule has 6 rings (SSSR count). The fourth-order valence-electron chi connectivity index (χ4n) is 5.05. The summed E-state index contributed by atoms with van der Waals surface area (Å²) in [5.41, 5.74) is 3.40. The Morgan fingerprint density at radius 2 is 1.95 bits per heavy atom. The summed E-state index contributed by atoms with van der Waals surface area (Å²) in [6.45, 7) is 1.34. The minimum Gasteiger partial charge on any atom is -0.494 e. The number of pyridine rings is 1. The lowest BCUT2D eigenvalue weighted by Crippen LogP contribution is -2.49. The molecule has 2 fully saturated rings. The Hall–Kier alpha value is -5.35. The van der Waals surface area contributed by atoms with Crippen molar-refractivity contribution in [2.24, 2.45) is 5.92 Å². The van der Waals surface area contributed by atoms with Gasteiger partial charge in [0, 0.05) is 55.6 Å². The predicted molar refractivity (Wildman–Crippen MR) is 157 cm³/mol. The minimum atomic E-state index is -0.428. The number of anilines is 3. The van der Waals surface area contributed by atoms with E-state index >= 15 is 0 Å². The van der Waals surface area contributed by atoms with Crippen LogP contribution >= 0.6 is 0 Å².